The number of allylic oxidation sites excluding steroid dienone is 6. The molecule has 0 saturated carbocycles. The van der Waals surface area contributed by atoms with Gasteiger partial charge in [-0.25, -0.2) is 0 Å². The summed E-state index contributed by atoms with van der Waals surface area (Å²) in [6.07, 6.45) is 80.3. The van der Waals surface area contributed by atoms with Gasteiger partial charge in [0.15, 0.2) is 6.10 Å². The first-order chi connectivity index (χ1) is 37.5. The van der Waals surface area contributed by atoms with Crippen molar-refractivity contribution < 1.29 is 28.6 Å². The second kappa shape index (κ2) is 65.2. The number of rotatable bonds is 63. The summed E-state index contributed by atoms with van der Waals surface area (Å²) in [4.78, 5) is 38.3. The first-order valence-electron chi connectivity index (χ1n) is 34.0. The Labute approximate surface area is 474 Å². The highest BCUT2D eigenvalue weighted by atomic mass is 16.6. The largest absolute Gasteiger partial charge is 0.462 e. The molecule has 6 heteroatoms. The minimum atomic E-state index is -0.778. The van der Waals surface area contributed by atoms with Crippen molar-refractivity contribution in [1.82, 2.24) is 0 Å². The lowest BCUT2D eigenvalue weighted by Crippen LogP contribution is -2.30. The Bertz CT molecular complexity index is 1270. The number of carbonyl (C=O) groups excluding carboxylic acids is 3. The van der Waals surface area contributed by atoms with Crippen LogP contribution in [0.5, 0.6) is 0 Å². The summed E-state index contributed by atoms with van der Waals surface area (Å²) in [7, 11) is 0. The molecule has 0 aromatic carbocycles. The van der Waals surface area contributed by atoms with Crippen molar-refractivity contribution in [1.29, 1.82) is 0 Å². The molecule has 1 atom stereocenters. The van der Waals surface area contributed by atoms with Crippen molar-refractivity contribution >= 4 is 17.9 Å². The Morgan fingerprint density at radius 1 is 0.263 bits per heavy atom. The van der Waals surface area contributed by atoms with E-state index in [1.165, 1.54) is 257 Å². The van der Waals surface area contributed by atoms with Gasteiger partial charge >= 0.3 is 17.9 Å². The predicted molar refractivity (Wildman–Crippen MR) is 330 cm³/mol. The standard InChI is InChI=1S/C70H130O6/c1-4-7-10-13-16-19-22-25-27-29-31-32-33-34-35-36-37-38-39-41-42-45-48-51-54-57-60-63-69(72)75-66-67(65-74-68(71)62-59-56-53-50-47-44-24-21-18-15-12-9-6-3)76-70(73)64-61-58-55-52-49-46-43-40-30-28-26-23-20-17-14-11-8-5-2/h20-21,23-24,28,30,67H,4-19,22,25-27,29,31-66H2,1-3H3/b23-20-,24-21-,30-28-. The van der Waals surface area contributed by atoms with E-state index < -0.39 is 6.10 Å². The average molecular weight is 1070 g/mol. The van der Waals surface area contributed by atoms with Gasteiger partial charge in [0, 0.05) is 19.3 Å². The molecule has 0 rings (SSSR count). The van der Waals surface area contributed by atoms with Crippen LogP contribution in [0.15, 0.2) is 36.5 Å². The van der Waals surface area contributed by atoms with Crippen molar-refractivity contribution in [3.63, 3.8) is 0 Å². The van der Waals surface area contributed by atoms with E-state index in [1.807, 2.05) is 0 Å². The van der Waals surface area contributed by atoms with Gasteiger partial charge in [-0.15, -0.1) is 0 Å². The van der Waals surface area contributed by atoms with Gasteiger partial charge in [0.05, 0.1) is 0 Å². The number of esters is 3. The highest BCUT2D eigenvalue weighted by Gasteiger charge is 2.19. The third kappa shape index (κ3) is 62.5. The van der Waals surface area contributed by atoms with Gasteiger partial charge in [-0.3, -0.25) is 14.4 Å². The maximum absolute atomic E-state index is 12.9. The lowest BCUT2D eigenvalue weighted by Gasteiger charge is -2.18. The summed E-state index contributed by atoms with van der Waals surface area (Å²) in [5, 5.41) is 0. The Hall–Kier alpha value is -2.37. The molecule has 0 aromatic heterocycles. The lowest BCUT2D eigenvalue weighted by molar-refractivity contribution is -0.167. The van der Waals surface area contributed by atoms with Gasteiger partial charge < -0.3 is 14.2 Å². The van der Waals surface area contributed by atoms with Crippen molar-refractivity contribution in [2.24, 2.45) is 0 Å². The molecule has 1 unspecified atom stereocenters. The van der Waals surface area contributed by atoms with E-state index in [-0.39, 0.29) is 31.1 Å². The van der Waals surface area contributed by atoms with Crippen LogP contribution in [0.3, 0.4) is 0 Å². The zero-order valence-corrected chi connectivity index (χ0v) is 51.3. The molecule has 0 N–H and O–H groups in total. The lowest BCUT2D eigenvalue weighted by atomic mass is 10.0. The van der Waals surface area contributed by atoms with E-state index in [0.29, 0.717) is 19.3 Å². The summed E-state index contributed by atoms with van der Waals surface area (Å²) in [6, 6.07) is 0. The van der Waals surface area contributed by atoms with Crippen LogP contribution in [0.2, 0.25) is 0 Å². The number of carbonyl (C=O) groups is 3. The quantitative estimate of drug-likeness (QED) is 0.0261. The third-order valence-corrected chi connectivity index (χ3v) is 15.4. The number of unbranched alkanes of at least 4 members (excludes halogenated alkanes) is 46. The predicted octanol–water partition coefficient (Wildman–Crippen LogP) is 23.2. The molecule has 446 valence electrons. The molecule has 0 saturated heterocycles. The zero-order chi connectivity index (χ0) is 55.0. The smallest absolute Gasteiger partial charge is 0.306 e. The molecule has 0 bridgehead atoms. The molecule has 0 spiro atoms. The van der Waals surface area contributed by atoms with Crippen LogP contribution in [-0.2, 0) is 28.6 Å². The highest BCUT2D eigenvalue weighted by molar-refractivity contribution is 5.71. The van der Waals surface area contributed by atoms with E-state index in [4.69, 9.17) is 14.2 Å². The van der Waals surface area contributed by atoms with Crippen LogP contribution < -0.4 is 0 Å². The van der Waals surface area contributed by atoms with Crippen LogP contribution >= 0.6 is 0 Å². The number of hydrogen-bond donors (Lipinski definition) is 0. The van der Waals surface area contributed by atoms with Crippen molar-refractivity contribution in [2.45, 2.75) is 380 Å². The normalized spacial score (nSPS) is 12.2. The van der Waals surface area contributed by atoms with Crippen molar-refractivity contribution in [3.8, 4) is 0 Å². The van der Waals surface area contributed by atoms with Crippen LogP contribution in [0.25, 0.3) is 0 Å². The SMILES string of the molecule is CCCCCC/C=C\C/C=C\CCCCCCCCCC(=O)OC(COC(=O)CCCCCCC/C=C\CCCCCC)COC(=O)CCCCCCCCCCCCCCCCCCCCCCCCCCCCC. The molecule has 0 aliphatic rings. The minimum absolute atomic E-state index is 0.0738. The molecule has 76 heavy (non-hydrogen) atoms. The van der Waals surface area contributed by atoms with Gasteiger partial charge in [-0.05, 0) is 77.0 Å². The van der Waals surface area contributed by atoms with Gasteiger partial charge in [0.1, 0.15) is 13.2 Å². The van der Waals surface area contributed by atoms with Crippen LogP contribution in [0.1, 0.15) is 374 Å². The fourth-order valence-electron chi connectivity index (χ4n) is 10.2. The van der Waals surface area contributed by atoms with Gasteiger partial charge in [0.25, 0.3) is 0 Å². The van der Waals surface area contributed by atoms with Crippen molar-refractivity contribution in [3.05, 3.63) is 36.5 Å². The third-order valence-electron chi connectivity index (χ3n) is 15.4. The Kier molecular flexibility index (Phi) is 63.1. The van der Waals surface area contributed by atoms with E-state index in [1.54, 1.807) is 0 Å². The summed E-state index contributed by atoms with van der Waals surface area (Å²) in [5.74, 6) is -0.867. The van der Waals surface area contributed by atoms with E-state index >= 15 is 0 Å². The van der Waals surface area contributed by atoms with Crippen LogP contribution in [0, 0.1) is 0 Å². The van der Waals surface area contributed by atoms with E-state index in [0.717, 1.165) is 77.0 Å². The molecular weight excluding hydrogens is 937 g/mol. The Balaban J connectivity index is 4.21. The Morgan fingerprint density at radius 3 is 0.750 bits per heavy atom. The first-order valence-corrected chi connectivity index (χ1v) is 34.0. The van der Waals surface area contributed by atoms with E-state index in [2.05, 4.69) is 57.2 Å². The maximum atomic E-state index is 12.9. The fourth-order valence-corrected chi connectivity index (χ4v) is 10.2. The number of hydrogen-bond acceptors (Lipinski definition) is 6. The second-order valence-corrected chi connectivity index (χ2v) is 23.1. The minimum Gasteiger partial charge on any atom is -0.462 e. The molecule has 0 fully saturated rings. The molecule has 0 aliphatic carbocycles. The molecule has 0 radical (unpaired) electrons. The first kappa shape index (κ1) is 73.6. The summed E-state index contributed by atoms with van der Waals surface area (Å²) >= 11 is 0. The van der Waals surface area contributed by atoms with Crippen molar-refractivity contribution in [2.75, 3.05) is 13.2 Å². The molecule has 0 amide bonds. The van der Waals surface area contributed by atoms with Crippen LogP contribution in [0.4, 0.5) is 0 Å². The molecule has 0 heterocycles. The number of ether oxygens (including phenoxy) is 3. The van der Waals surface area contributed by atoms with E-state index in [9.17, 15) is 14.4 Å². The van der Waals surface area contributed by atoms with Crippen LogP contribution in [-0.4, -0.2) is 37.2 Å². The topological polar surface area (TPSA) is 78.9 Å². The second-order valence-electron chi connectivity index (χ2n) is 23.1. The van der Waals surface area contributed by atoms with Gasteiger partial charge in [0.2, 0.25) is 0 Å². The Morgan fingerprint density at radius 2 is 0.474 bits per heavy atom. The summed E-state index contributed by atoms with van der Waals surface area (Å²) in [6.45, 7) is 6.66. The average Bonchev–Trinajstić information content (AvgIpc) is 3.42. The summed E-state index contributed by atoms with van der Waals surface area (Å²) < 4.78 is 16.9. The molecule has 0 aromatic rings. The zero-order valence-electron chi connectivity index (χ0n) is 51.3. The monoisotopic (exact) mass is 1070 g/mol. The molecule has 6 nitrogen and oxygen atoms in total. The molecule has 0 aliphatic heterocycles. The highest BCUT2D eigenvalue weighted by Crippen LogP contribution is 2.18. The summed E-state index contributed by atoms with van der Waals surface area (Å²) in [5.41, 5.74) is 0. The van der Waals surface area contributed by atoms with Gasteiger partial charge in [-0.1, -0.05) is 314 Å². The maximum Gasteiger partial charge on any atom is 0.306 e. The van der Waals surface area contributed by atoms with Gasteiger partial charge in [-0.2, -0.15) is 0 Å². The molecular formula is C70H130O6. The fraction of sp³-hybridized carbons (Fsp3) is 0.871.